The maximum Gasteiger partial charge on any atom is 0.259 e. The van der Waals surface area contributed by atoms with E-state index in [4.69, 9.17) is 0 Å². The monoisotopic (exact) mass is 251 g/mol. The van der Waals surface area contributed by atoms with Crippen molar-refractivity contribution < 1.29 is 15.0 Å². The molecule has 18 heavy (non-hydrogen) atoms. The highest BCUT2D eigenvalue weighted by molar-refractivity contribution is 5.99. The predicted octanol–water partition coefficient (Wildman–Crippen LogP) is 2.80. The van der Waals surface area contributed by atoms with Crippen molar-refractivity contribution in [2.75, 3.05) is 0 Å². The van der Waals surface area contributed by atoms with Gasteiger partial charge in [-0.2, -0.15) is 0 Å². The fourth-order valence-corrected chi connectivity index (χ4v) is 1.85. The van der Waals surface area contributed by atoms with Gasteiger partial charge in [-0.1, -0.05) is 32.8 Å². The number of carbonyl (C=O) groups is 1. The summed E-state index contributed by atoms with van der Waals surface area (Å²) in [6, 6.07) is 4.36. The van der Waals surface area contributed by atoms with Crippen LogP contribution in [-0.4, -0.2) is 22.2 Å². The normalized spacial score (nSPS) is 12.1. The van der Waals surface area contributed by atoms with E-state index >= 15 is 0 Å². The third kappa shape index (κ3) is 3.65. The molecule has 0 radical (unpaired) electrons. The van der Waals surface area contributed by atoms with Gasteiger partial charge in [0.2, 0.25) is 0 Å². The van der Waals surface area contributed by atoms with Gasteiger partial charge in [-0.05, 0) is 25.0 Å². The molecule has 100 valence electrons. The first-order valence-electron chi connectivity index (χ1n) is 6.41. The maximum absolute atomic E-state index is 12.0. The second kappa shape index (κ2) is 6.89. The molecular formula is C14H21NO3. The quantitative estimate of drug-likeness (QED) is 0.728. The van der Waals surface area contributed by atoms with E-state index < -0.39 is 5.91 Å². The van der Waals surface area contributed by atoms with Crippen molar-refractivity contribution in [3.05, 3.63) is 23.8 Å². The lowest BCUT2D eigenvalue weighted by molar-refractivity contribution is 0.0928. The zero-order chi connectivity index (χ0) is 13.5. The standard InChI is InChI=1S/C14H21NO3/c1-3-5-7-10(4-2)15-14(18)13-11(16)8-6-9-12(13)17/h6,8-10,16-17H,3-5,7H2,1-2H3,(H,15,18). The topological polar surface area (TPSA) is 69.6 Å². The number of unbranched alkanes of at least 4 members (excludes halogenated alkanes) is 1. The Balaban J connectivity index is 2.75. The Morgan fingerprint density at radius 1 is 1.28 bits per heavy atom. The van der Waals surface area contributed by atoms with E-state index in [1.807, 2.05) is 6.92 Å². The molecule has 0 bridgehead atoms. The average molecular weight is 251 g/mol. The van der Waals surface area contributed by atoms with Gasteiger partial charge in [0.05, 0.1) is 0 Å². The number of phenolic OH excluding ortho intramolecular Hbond substituents is 2. The van der Waals surface area contributed by atoms with E-state index in [1.54, 1.807) is 0 Å². The summed E-state index contributed by atoms with van der Waals surface area (Å²) in [5.41, 5.74) is -0.0487. The number of amides is 1. The largest absolute Gasteiger partial charge is 0.507 e. The molecule has 1 atom stereocenters. The average Bonchev–Trinajstić information content (AvgIpc) is 2.34. The molecule has 4 nitrogen and oxygen atoms in total. The summed E-state index contributed by atoms with van der Waals surface area (Å²) in [7, 11) is 0. The minimum Gasteiger partial charge on any atom is -0.507 e. The van der Waals surface area contributed by atoms with Gasteiger partial charge in [0.15, 0.2) is 0 Å². The van der Waals surface area contributed by atoms with Gasteiger partial charge in [0, 0.05) is 6.04 Å². The molecule has 4 heteroatoms. The van der Waals surface area contributed by atoms with E-state index in [0.29, 0.717) is 0 Å². The van der Waals surface area contributed by atoms with Crippen molar-refractivity contribution in [2.45, 2.75) is 45.6 Å². The molecule has 1 aromatic carbocycles. The fourth-order valence-electron chi connectivity index (χ4n) is 1.85. The number of phenols is 2. The number of aromatic hydroxyl groups is 2. The lowest BCUT2D eigenvalue weighted by atomic mass is 10.1. The highest BCUT2D eigenvalue weighted by Crippen LogP contribution is 2.26. The van der Waals surface area contributed by atoms with Gasteiger partial charge in [0.1, 0.15) is 17.1 Å². The zero-order valence-corrected chi connectivity index (χ0v) is 10.9. The van der Waals surface area contributed by atoms with Crippen LogP contribution in [0.2, 0.25) is 0 Å². The van der Waals surface area contributed by atoms with Crippen molar-refractivity contribution in [3.63, 3.8) is 0 Å². The molecular weight excluding hydrogens is 230 g/mol. The molecule has 0 saturated heterocycles. The zero-order valence-electron chi connectivity index (χ0n) is 10.9. The Hall–Kier alpha value is -1.71. The van der Waals surface area contributed by atoms with Crippen LogP contribution in [0.3, 0.4) is 0 Å². The van der Waals surface area contributed by atoms with Gasteiger partial charge in [-0.25, -0.2) is 0 Å². The molecule has 0 fully saturated rings. The van der Waals surface area contributed by atoms with Crippen LogP contribution in [0, 0.1) is 0 Å². The Kier molecular flexibility index (Phi) is 5.49. The highest BCUT2D eigenvalue weighted by Gasteiger charge is 2.18. The summed E-state index contributed by atoms with van der Waals surface area (Å²) in [5, 5.41) is 22.0. The Labute approximate surface area is 108 Å². The number of hydrogen-bond acceptors (Lipinski definition) is 3. The van der Waals surface area contributed by atoms with E-state index in [2.05, 4.69) is 12.2 Å². The molecule has 0 aliphatic heterocycles. The number of benzene rings is 1. The van der Waals surface area contributed by atoms with Crippen molar-refractivity contribution in [2.24, 2.45) is 0 Å². The minimum absolute atomic E-state index is 0.0487. The Morgan fingerprint density at radius 2 is 1.89 bits per heavy atom. The van der Waals surface area contributed by atoms with Gasteiger partial charge in [-0.3, -0.25) is 4.79 Å². The SMILES string of the molecule is CCCCC(CC)NC(=O)c1c(O)cccc1O. The molecule has 1 aromatic rings. The predicted molar refractivity (Wildman–Crippen MR) is 70.8 cm³/mol. The second-order valence-corrected chi connectivity index (χ2v) is 4.39. The Bertz CT molecular complexity index is 384. The molecule has 0 heterocycles. The van der Waals surface area contributed by atoms with Gasteiger partial charge < -0.3 is 15.5 Å². The third-order valence-electron chi connectivity index (χ3n) is 2.98. The molecule has 0 spiro atoms. The number of rotatable bonds is 6. The van der Waals surface area contributed by atoms with Crippen LogP contribution < -0.4 is 5.32 Å². The van der Waals surface area contributed by atoms with E-state index in [0.717, 1.165) is 25.7 Å². The molecule has 3 N–H and O–H groups in total. The van der Waals surface area contributed by atoms with Crippen LogP contribution in [0.15, 0.2) is 18.2 Å². The molecule has 0 aliphatic rings. The molecule has 0 saturated carbocycles. The first-order valence-corrected chi connectivity index (χ1v) is 6.41. The van der Waals surface area contributed by atoms with Gasteiger partial charge in [-0.15, -0.1) is 0 Å². The third-order valence-corrected chi connectivity index (χ3v) is 2.98. The van der Waals surface area contributed by atoms with Crippen LogP contribution in [0.4, 0.5) is 0 Å². The van der Waals surface area contributed by atoms with Gasteiger partial charge >= 0.3 is 0 Å². The summed E-state index contributed by atoms with van der Waals surface area (Å²) in [5.74, 6) is -0.816. The first-order chi connectivity index (χ1) is 8.60. The van der Waals surface area contributed by atoms with Gasteiger partial charge in [0.25, 0.3) is 5.91 Å². The van der Waals surface area contributed by atoms with Crippen molar-refractivity contribution in [3.8, 4) is 11.5 Å². The van der Waals surface area contributed by atoms with Crippen LogP contribution in [0.5, 0.6) is 11.5 Å². The minimum atomic E-state index is -0.423. The lowest BCUT2D eigenvalue weighted by Gasteiger charge is -2.17. The fraction of sp³-hybridized carbons (Fsp3) is 0.500. The summed E-state index contributed by atoms with van der Waals surface area (Å²) < 4.78 is 0. The smallest absolute Gasteiger partial charge is 0.259 e. The number of hydrogen-bond donors (Lipinski definition) is 3. The molecule has 1 rings (SSSR count). The van der Waals surface area contributed by atoms with E-state index in [1.165, 1.54) is 18.2 Å². The summed E-state index contributed by atoms with van der Waals surface area (Å²) in [6.45, 7) is 4.11. The number of carbonyl (C=O) groups excluding carboxylic acids is 1. The lowest BCUT2D eigenvalue weighted by Crippen LogP contribution is -2.34. The maximum atomic E-state index is 12.0. The van der Waals surface area contributed by atoms with Crippen LogP contribution in [0.1, 0.15) is 49.9 Å². The van der Waals surface area contributed by atoms with Crippen LogP contribution >= 0.6 is 0 Å². The molecule has 0 aromatic heterocycles. The van der Waals surface area contributed by atoms with Crippen LogP contribution in [0.25, 0.3) is 0 Å². The molecule has 0 aliphatic carbocycles. The first kappa shape index (κ1) is 14.4. The number of nitrogens with one attached hydrogen (secondary N) is 1. The molecule has 1 amide bonds. The Morgan fingerprint density at radius 3 is 2.39 bits per heavy atom. The van der Waals surface area contributed by atoms with E-state index in [-0.39, 0.29) is 23.1 Å². The summed E-state index contributed by atoms with van der Waals surface area (Å²) in [4.78, 5) is 12.0. The van der Waals surface area contributed by atoms with Crippen molar-refractivity contribution in [1.82, 2.24) is 5.32 Å². The second-order valence-electron chi connectivity index (χ2n) is 4.39. The summed E-state index contributed by atoms with van der Waals surface area (Å²) >= 11 is 0. The highest BCUT2D eigenvalue weighted by atomic mass is 16.3. The summed E-state index contributed by atoms with van der Waals surface area (Å²) in [6.07, 6.45) is 3.87. The molecule has 1 unspecified atom stereocenters. The van der Waals surface area contributed by atoms with Crippen molar-refractivity contribution >= 4 is 5.91 Å². The van der Waals surface area contributed by atoms with Crippen LogP contribution in [-0.2, 0) is 0 Å². The van der Waals surface area contributed by atoms with E-state index in [9.17, 15) is 15.0 Å². The van der Waals surface area contributed by atoms with Crippen molar-refractivity contribution in [1.29, 1.82) is 0 Å².